The van der Waals surface area contributed by atoms with Gasteiger partial charge in [-0.05, 0) is 36.8 Å². The summed E-state index contributed by atoms with van der Waals surface area (Å²) in [5.41, 5.74) is 1.03. The first-order chi connectivity index (χ1) is 13.7. The minimum Gasteiger partial charge on any atom is -0.493 e. The van der Waals surface area contributed by atoms with Crippen LogP contribution in [0.5, 0.6) is 23.0 Å². The van der Waals surface area contributed by atoms with Gasteiger partial charge < -0.3 is 29.4 Å². The van der Waals surface area contributed by atoms with Crippen LogP contribution in [-0.2, 0) is 0 Å². The van der Waals surface area contributed by atoms with Crippen molar-refractivity contribution in [1.29, 1.82) is 0 Å². The Bertz CT molecular complexity index is 747. The van der Waals surface area contributed by atoms with Crippen LogP contribution in [-0.4, -0.2) is 51.7 Å². The molecule has 2 rings (SSSR count). The number of hydrogen-bond donors (Lipinski definition) is 2. The number of hydrogen-bond acceptors (Lipinski definition) is 6. The Hall–Kier alpha value is -2.70. The molecule has 1 atom stereocenters. The molecule has 28 heavy (non-hydrogen) atoms. The molecule has 152 valence electrons. The van der Waals surface area contributed by atoms with E-state index in [1.165, 1.54) is 0 Å². The molecule has 0 spiro atoms. The molecule has 0 amide bonds. The molecule has 0 saturated carbocycles. The summed E-state index contributed by atoms with van der Waals surface area (Å²) < 4.78 is 22.0. The lowest BCUT2D eigenvalue weighted by molar-refractivity contribution is 0.104. The molecule has 2 N–H and O–H groups in total. The Morgan fingerprint density at radius 3 is 2.39 bits per heavy atom. The van der Waals surface area contributed by atoms with Gasteiger partial charge in [0.25, 0.3) is 0 Å². The predicted molar refractivity (Wildman–Crippen MR) is 111 cm³/mol. The SMILES string of the molecule is C/C=C/c1ccc(OCC(O)CNCCOc2ccccc2OC)c(OC)c1. The summed E-state index contributed by atoms with van der Waals surface area (Å²) in [5, 5.41) is 13.3. The Kier molecular flexibility index (Phi) is 9.18. The molecule has 0 bridgehead atoms. The average molecular weight is 387 g/mol. The van der Waals surface area contributed by atoms with E-state index in [0.717, 1.165) is 5.56 Å². The summed E-state index contributed by atoms with van der Waals surface area (Å²) in [7, 11) is 3.21. The molecule has 6 nitrogen and oxygen atoms in total. The van der Waals surface area contributed by atoms with Crippen molar-refractivity contribution in [2.24, 2.45) is 0 Å². The highest BCUT2D eigenvalue weighted by Crippen LogP contribution is 2.28. The molecule has 0 heterocycles. The molecule has 1 unspecified atom stereocenters. The van der Waals surface area contributed by atoms with Crippen molar-refractivity contribution in [3.05, 3.63) is 54.1 Å². The maximum Gasteiger partial charge on any atom is 0.161 e. The normalized spacial score (nSPS) is 12.0. The van der Waals surface area contributed by atoms with E-state index in [2.05, 4.69) is 5.32 Å². The zero-order chi connectivity index (χ0) is 20.2. The number of allylic oxidation sites excluding steroid dienone is 1. The maximum atomic E-state index is 10.1. The van der Waals surface area contributed by atoms with Crippen molar-refractivity contribution in [1.82, 2.24) is 5.32 Å². The number of para-hydroxylation sites is 2. The average Bonchev–Trinajstić information content (AvgIpc) is 2.73. The highest BCUT2D eigenvalue weighted by atomic mass is 16.5. The second-order valence-corrected chi connectivity index (χ2v) is 6.08. The van der Waals surface area contributed by atoms with E-state index in [9.17, 15) is 5.11 Å². The summed E-state index contributed by atoms with van der Waals surface area (Å²) in [4.78, 5) is 0. The fraction of sp³-hybridized carbons (Fsp3) is 0.364. The fourth-order valence-electron chi connectivity index (χ4n) is 2.58. The quantitative estimate of drug-likeness (QED) is 0.546. The van der Waals surface area contributed by atoms with Gasteiger partial charge in [0.2, 0.25) is 0 Å². The number of rotatable bonds is 12. The van der Waals surface area contributed by atoms with Gasteiger partial charge in [-0.3, -0.25) is 0 Å². The zero-order valence-electron chi connectivity index (χ0n) is 16.7. The molecule has 0 radical (unpaired) electrons. The van der Waals surface area contributed by atoms with Crippen LogP contribution in [0.2, 0.25) is 0 Å². The van der Waals surface area contributed by atoms with Gasteiger partial charge in [-0.15, -0.1) is 0 Å². The lowest BCUT2D eigenvalue weighted by Gasteiger charge is -2.16. The van der Waals surface area contributed by atoms with Crippen molar-refractivity contribution < 1.29 is 24.1 Å². The first-order valence-electron chi connectivity index (χ1n) is 9.26. The van der Waals surface area contributed by atoms with E-state index in [-0.39, 0.29) is 6.61 Å². The number of aliphatic hydroxyl groups is 1. The van der Waals surface area contributed by atoms with Crippen molar-refractivity contribution in [2.45, 2.75) is 13.0 Å². The minimum atomic E-state index is -0.647. The van der Waals surface area contributed by atoms with E-state index >= 15 is 0 Å². The van der Waals surface area contributed by atoms with E-state index in [4.69, 9.17) is 18.9 Å². The lowest BCUT2D eigenvalue weighted by atomic mass is 10.2. The Morgan fingerprint density at radius 1 is 0.964 bits per heavy atom. The maximum absolute atomic E-state index is 10.1. The van der Waals surface area contributed by atoms with E-state index in [1.807, 2.05) is 61.5 Å². The van der Waals surface area contributed by atoms with Crippen LogP contribution >= 0.6 is 0 Å². The largest absolute Gasteiger partial charge is 0.493 e. The Labute approximate surface area is 166 Å². The smallest absolute Gasteiger partial charge is 0.161 e. The minimum absolute atomic E-state index is 0.166. The summed E-state index contributed by atoms with van der Waals surface area (Å²) in [6, 6.07) is 13.2. The van der Waals surface area contributed by atoms with Gasteiger partial charge in [-0.1, -0.05) is 30.4 Å². The van der Waals surface area contributed by atoms with Crippen molar-refractivity contribution in [3.8, 4) is 23.0 Å². The van der Waals surface area contributed by atoms with Crippen LogP contribution in [0.3, 0.4) is 0 Å². The number of benzene rings is 2. The van der Waals surface area contributed by atoms with Gasteiger partial charge in [-0.2, -0.15) is 0 Å². The summed E-state index contributed by atoms with van der Waals surface area (Å²) >= 11 is 0. The third kappa shape index (κ3) is 6.79. The van der Waals surface area contributed by atoms with Crippen LogP contribution in [0.1, 0.15) is 12.5 Å². The highest BCUT2D eigenvalue weighted by Gasteiger charge is 2.09. The van der Waals surface area contributed by atoms with E-state index < -0.39 is 6.10 Å². The van der Waals surface area contributed by atoms with Crippen LogP contribution in [0.15, 0.2) is 48.5 Å². The van der Waals surface area contributed by atoms with Gasteiger partial charge in [0.1, 0.15) is 19.3 Å². The first kappa shape index (κ1) is 21.6. The van der Waals surface area contributed by atoms with Gasteiger partial charge in [0.15, 0.2) is 23.0 Å². The highest BCUT2D eigenvalue weighted by molar-refractivity contribution is 5.55. The standard InChI is InChI=1S/C22H29NO5/c1-4-7-17-10-11-21(22(14-17)26-3)28-16-18(24)15-23-12-13-27-20-9-6-5-8-19(20)25-2/h4-11,14,18,23-24H,12-13,15-16H2,1-3H3/b7-4+. The van der Waals surface area contributed by atoms with Crippen molar-refractivity contribution in [3.63, 3.8) is 0 Å². The monoisotopic (exact) mass is 387 g/mol. The molecule has 2 aromatic carbocycles. The number of ether oxygens (including phenoxy) is 4. The lowest BCUT2D eigenvalue weighted by Crippen LogP contribution is -2.33. The molecule has 6 heteroatoms. The van der Waals surface area contributed by atoms with Gasteiger partial charge in [0.05, 0.1) is 14.2 Å². The first-order valence-corrected chi connectivity index (χ1v) is 9.26. The third-order valence-electron chi connectivity index (χ3n) is 3.96. The summed E-state index contributed by atoms with van der Waals surface area (Å²) in [5.74, 6) is 2.64. The van der Waals surface area contributed by atoms with Crippen LogP contribution in [0.25, 0.3) is 6.08 Å². The summed E-state index contributed by atoms with van der Waals surface area (Å²) in [6.45, 7) is 3.58. The van der Waals surface area contributed by atoms with Gasteiger partial charge in [-0.25, -0.2) is 0 Å². The van der Waals surface area contributed by atoms with Gasteiger partial charge >= 0.3 is 0 Å². The topological polar surface area (TPSA) is 69.2 Å². The third-order valence-corrected chi connectivity index (χ3v) is 3.96. The number of aliphatic hydroxyl groups excluding tert-OH is 1. The second-order valence-electron chi connectivity index (χ2n) is 6.08. The van der Waals surface area contributed by atoms with Crippen molar-refractivity contribution >= 4 is 6.08 Å². The molecular formula is C22H29NO5. The predicted octanol–water partition coefficient (Wildman–Crippen LogP) is 3.15. The molecule has 0 fully saturated rings. The number of methoxy groups -OCH3 is 2. The zero-order valence-corrected chi connectivity index (χ0v) is 16.7. The molecule has 0 aliphatic rings. The second kappa shape index (κ2) is 11.9. The van der Waals surface area contributed by atoms with Crippen LogP contribution in [0.4, 0.5) is 0 Å². The molecule has 0 aromatic heterocycles. The Morgan fingerprint density at radius 2 is 1.68 bits per heavy atom. The van der Waals surface area contributed by atoms with Crippen LogP contribution < -0.4 is 24.3 Å². The summed E-state index contributed by atoms with van der Waals surface area (Å²) in [6.07, 6.45) is 3.30. The fourth-order valence-corrected chi connectivity index (χ4v) is 2.58. The Balaban J connectivity index is 1.69. The molecule has 0 saturated heterocycles. The number of nitrogens with one attached hydrogen (secondary N) is 1. The van der Waals surface area contributed by atoms with Crippen molar-refractivity contribution in [2.75, 3.05) is 40.5 Å². The molecule has 0 aliphatic carbocycles. The van der Waals surface area contributed by atoms with E-state index in [1.54, 1.807) is 14.2 Å². The molecular weight excluding hydrogens is 358 g/mol. The molecule has 2 aromatic rings. The van der Waals surface area contributed by atoms with Gasteiger partial charge in [0, 0.05) is 13.1 Å². The van der Waals surface area contributed by atoms with E-state index in [0.29, 0.717) is 42.7 Å². The molecule has 0 aliphatic heterocycles. The van der Waals surface area contributed by atoms with Crippen LogP contribution in [0, 0.1) is 0 Å².